The van der Waals surface area contributed by atoms with Crippen LogP contribution < -0.4 is 10.6 Å². The molecule has 88 valence electrons. The Morgan fingerprint density at radius 3 is 2.76 bits per heavy atom. The molecule has 0 bridgehead atoms. The van der Waals surface area contributed by atoms with Gasteiger partial charge in [0.2, 0.25) is 0 Å². The summed E-state index contributed by atoms with van der Waals surface area (Å²) in [5.41, 5.74) is 1.34. The van der Waals surface area contributed by atoms with Crippen molar-refractivity contribution in [3.05, 3.63) is 48.3 Å². The number of amides is 2. The number of benzene rings is 1. The lowest BCUT2D eigenvalue weighted by molar-refractivity contribution is 0.251. The van der Waals surface area contributed by atoms with Crippen molar-refractivity contribution in [2.45, 2.75) is 6.54 Å². The molecule has 0 saturated heterocycles. The van der Waals surface area contributed by atoms with Crippen molar-refractivity contribution in [2.75, 3.05) is 5.32 Å². The van der Waals surface area contributed by atoms with Gasteiger partial charge in [0.15, 0.2) is 0 Å². The fraction of sp³-hybridized carbons (Fsp3) is 0.0909. The van der Waals surface area contributed by atoms with Crippen LogP contribution in [-0.2, 0) is 6.54 Å². The molecular weight excluding hydrogens is 223 g/mol. The van der Waals surface area contributed by atoms with Gasteiger partial charge in [-0.2, -0.15) is 0 Å². The maximum Gasteiger partial charge on any atom is 0.319 e. The number of hydrogen-bond donors (Lipinski definition) is 3. The van der Waals surface area contributed by atoms with Crippen molar-refractivity contribution in [1.82, 2.24) is 15.3 Å². The molecule has 0 spiro atoms. The van der Waals surface area contributed by atoms with E-state index in [2.05, 4.69) is 20.6 Å². The van der Waals surface area contributed by atoms with E-state index in [1.165, 1.54) is 30.6 Å². The van der Waals surface area contributed by atoms with Gasteiger partial charge in [0.05, 0.1) is 18.6 Å². The molecule has 0 atom stereocenters. The van der Waals surface area contributed by atoms with Gasteiger partial charge >= 0.3 is 6.03 Å². The number of rotatable bonds is 3. The minimum Gasteiger partial charge on any atom is -0.347 e. The van der Waals surface area contributed by atoms with Crippen molar-refractivity contribution < 1.29 is 9.18 Å². The summed E-state index contributed by atoms with van der Waals surface area (Å²) in [7, 11) is 0. The lowest BCUT2D eigenvalue weighted by Gasteiger charge is -2.06. The Kier molecular flexibility index (Phi) is 3.34. The number of nitrogens with one attached hydrogen (secondary N) is 3. The fourth-order valence-corrected chi connectivity index (χ4v) is 1.27. The second-order valence-electron chi connectivity index (χ2n) is 3.39. The van der Waals surface area contributed by atoms with Crippen LogP contribution in [0.2, 0.25) is 0 Å². The van der Waals surface area contributed by atoms with Crippen molar-refractivity contribution in [3.8, 4) is 0 Å². The van der Waals surface area contributed by atoms with E-state index >= 15 is 0 Å². The predicted octanol–water partition coefficient (Wildman–Crippen LogP) is 1.87. The lowest BCUT2D eigenvalue weighted by atomic mass is 10.3. The number of carbonyl (C=O) groups is 1. The highest BCUT2D eigenvalue weighted by molar-refractivity contribution is 5.89. The Bertz CT molecular complexity index is 481. The van der Waals surface area contributed by atoms with Crippen LogP contribution in [0.15, 0.2) is 36.8 Å². The van der Waals surface area contributed by atoms with Gasteiger partial charge < -0.3 is 15.6 Å². The maximum atomic E-state index is 12.6. The molecule has 6 heteroatoms. The standard InChI is InChI=1S/C11H11FN4O/c12-8-1-3-9(4-2-8)16-11(17)14-6-10-5-13-7-15-10/h1-5,7H,6H2,(H,13,15)(H2,14,16,17). The van der Waals surface area contributed by atoms with Gasteiger partial charge in [0.25, 0.3) is 0 Å². The summed E-state index contributed by atoms with van der Waals surface area (Å²) >= 11 is 0. The number of anilines is 1. The first kappa shape index (κ1) is 11.1. The average Bonchev–Trinajstić information content (AvgIpc) is 2.83. The van der Waals surface area contributed by atoms with Crippen LogP contribution in [0.1, 0.15) is 5.69 Å². The number of hydrogen-bond acceptors (Lipinski definition) is 2. The Morgan fingerprint density at radius 2 is 2.12 bits per heavy atom. The van der Waals surface area contributed by atoms with E-state index in [-0.39, 0.29) is 11.8 Å². The zero-order valence-corrected chi connectivity index (χ0v) is 8.90. The quantitative estimate of drug-likeness (QED) is 0.758. The minimum absolute atomic E-state index is 0.339. The smallest absolute Gasteiger partial charge is 0.319 e. The largest absolute Gasteiger partial charge is 0.347 e. The number of nitrogens with zero attached hydrogens (tertiary/aromatic N) is 1. The number of urea groups is 1. The fourth-order valence-electron chi connectivity index (χ4n) is 1.27. The summed E-state index contributed by atoms with van der Waals surface area (Å²) < 4.78 is 12.6. The number of halogens is 1. The number of aromatic nitrogens is 2. The molecule has 0 fully saturated rings. The third kappa shape index (κ3) is 3.30. The Hall–Kier alpha value is -2.37. The lowest BCUT2D eigenvalue weighted by Crippen LogP contribution is -2.28. The topological polar surface area (TPSA) is 69.8 Å². The van der Waals surface area contributed by atoms with E-state index in [1.807, 2.05) is 0 Å². The van der Waals surface area contributed by atoms with E-state index in [9.17, 15) is 9.18 Å². The van der Waals surface area contributed by atoms with Gasteiger partial charge in [-0.3, -0.25) is 0 Å². The monoisotopic (exact) mass is 234 g/mol. The first-order valence-electron chi connectivity index (χ1n) is 5.02. The van der Waals surface area contributed by atoms with E-state index in [4.69, 9.17) is 0 Å². The highest BCUT2D eigenvalue weighted by atomic mass is 19.1. The summed E-state index contributed by atoms with van der Waals surface area (Å²) in [6, 6.07) is 5.19. The van der Waals surface area contributed by atoms with Gasteiger partial charge in [-0.05, 0) is 24.3 Å². The van der Waals surface area contributed by atoms with E-state index in [1.54, 1.807) is 6.20 Å². The van der Waals surface area contributed by atoms with Crippen molar-refractivity contribution >= 4 is 11.7 Å². The average molecular weight is 234 g/mol. The summed E-state index contributed by atoms with van der Waals surface area (Å²) in [5.74, 6) is -0.339. The molecule has 2 aromatic rings. The summed E-state index contributed by atoms with van der Waals surface area (Å²) in [4.78, 5) is 18.1. The predicted molar refractivity (Wildman–Crippen MR) is 60.8 cm³/mol. The van der Waals surface area contributed by atoms with Crippen LogP contribution >= 0.6 is 0 Å². The van der Waals surface area contributed by atoms with Crippen LogP contribution in [0.25, 0.3) is 0 Å². The second kappa shape index (κ2) is 5.11. The zero-order valence-electron chi connectivity index (χ0n) is 8.90. The molecule has 2 amide bonds. The van der Waals surface area contributed by atoms with E-state index < -0.39 is 0 Å². The maximum absolute atomic E-state index is 12.6. The third-order valence-corrected chi connectivity index (χ3v) is 2.10. The van der Waals surface area contributed by atoms with Crippen LogP contribution in [0, 0.1) is 5.82 Å². The molecule has 17 heavy (non-hydrogen) atoms. The molecule has 2 rings (SSSR count). The molecule has 0 aliphatic rings. The Balaban J connectivity index is 1.83. The van der Waals surface area contributed by atoms with Gasteiger partial charge in [-0.25, -0.2) is 14.2 Å². The molecule has 5 nitrogen and oxygen atoms in total. The minimum atomic E-state index is -0.355. The van der Waals surface area contributed by atoms with Crippen molar-refractivity contribution in [2.24, 2.45) is 0 Å². The molecule has 0 aliphatic heterocycles. The van der Waals surface area contributed by atoms with Crippen LogP contribution in [0.5, 0.6) is 0 Å². The summed E-state index contributed by atoms with van der Waals surface area (Å²) in [6.07, 6.45) is 3.16. The number of imidazole rings is 1. The molecule has 0 radical (unpaired) electrons. The molecule has 1 aromatic carbocycles. The normalized spacial score (nSPS) is 9.94. The number of carbonyl (C=O) groups excluding carboxylic acids is 1. The highest BCUT2D eigenvalue weighted by Gasteiger charge is 2.02. The molecule has 0 aliphatic carbocycles. The summed E-state index contributed by atoms with van der Waals surface area (Å²) in [5, 5.41) is 5.21. The second-order valence-corrected chi connectivity index (χ2v) is 3.39. The Morgan fingerprint density at radius 1 is 1.35 bits per heavy atom. The van der Waals surface area contributed by atoms with Gasteiger partial charge in [-0.1, -0.05) is 0 Å². The highest BCUT2D eigenvalue weighted by Crippen LogP contribution is 2.07. The number of H-pyrrole nitrogens is 1. The molecule has 1 heterocycles. The van der Waals surface area contributed by atoms with Crippen LogP contribution in [0.4, 0.5) is 14.9 Å². The van der Waals surface area contributed by atoms with E-state index in [0.717, 1.165) is 5.69 Å². The zero-order chi connectivity index (χ0) is 12.1. The van der Waals surface area contributed by atoms with Crippen LogP contribution in [0.3, 0.4) is 0 Å². The number of aromatic amines is 1. The third-order valence-electron chi connectivity index (χ3n) is 2.10. The molecule has 0 unspecified atom stereocenters. The van der Waals surface area contributed by atoms with Crippen LogP contribution in [-0.4, -0.2) is 16.0 Å². The SMILES string of the molecule is O=C(NCc1cnc[nH]1)Nc1ccc(F)cc1. The first-order valence-corrected chi connectivity index (χ1v) is 5.02. The van der Waals surface area contributed by atoms with Crippen molar-refractivity contribution in [1.29, 1.82) is 0 Å². The van der Waals surface area contributed by atoms with Gasteiger partial charge in [-0.15, -0.1) is 0 Å². The molecule has 3 N–H and O–H groups in total. The first-order chi connectivity index (χ1) is 8.24. The molecule has 0 saturated carbocycles. The van der Waals surface area contributed by atoms with E-state index in [0.29, 0.717) is 12.2 Å². The van der Waals surface area contributed by atoms with Gasteiger partial charge in [0, 0.05) is 11.9 Å². The molecular formula is C11H11FN4O. The molecule has 1 aromatic heterocycles. The Labute approximate surface area is 97.1 Å². The van der Waals surface area contributed by atoms with Crippen molar-refractivity contribution in [3.63, 3.8) is 0 Å². The summed E-state index contributed by atoms with van der Waals surface area (Å²) in [6.45, 7) is 0.354. The van der Waals surface area contributed by atoms with Gasteiger partial charge in [0.1, 0.15) is 5.82 Å².